The van der Waals surface area contributed by atoms with E-state index in [2.05, 4.69) is 10.3 Å². The Morgan fingerprint density at radius 1 is 1.62 bits per heavy atom. The van der Waals surface area contributed by atoms with E-state index in [1.165, 1.54) is 18.2 Å². The maximum atomic E-state index is 13.6. The number of nitro groups is 1. The number of aliphatic imine (C=N–C) groups is 1. The van der Waals surface area contributed by atoms with Crippen LogP contribution < -0.4 is 5.32 Å². The molecule has 6 heteroatoms. The molecule has 5 nitrogen and oxygen atoms in total. The summed E-state index contributed by atoms with van der Waals surface area (Å²) in [6, 6.07) is 3.85. The van der Waals surface area contributed by atoms with Gasteiger partial charge in [0.05, 0.1) is 11.5 Å². The van der Waals surface area contributed by atoms with Crippen molar-refractivity contribution < 1.29 is 9.31 Å². The van der Waals surface area contributed by atoms with Gasteiger partial charge in [-0.25, -0.2) is 4.39 Å². The predicted molar refractivity (Wildman–Crippen MR) is 57.1 cm³/mol. The van der Waals surface area contributed by atoms with Gasteiger partial charge in [-0.1, -0.05) is 6.07 Å². The first-order valence-corrected chi connectivity index (χ1v) is 4.84. The number of amidine groups is 1. The van der Waals surface area contributed by atoms with E-state index in [1.807, 2.05) is 6.92 Å². The molecular weight excluding hydrogens is 213 g/mol. The third-order valence-corrected chi connectivity index (χ3v) is 2.33. The smallest absolute Gasteiger partial charge is 0.283 e. The van der Waals surface area contributed by atoms with Gasteiger partial charge in [0.15, 0.2) is 0 Å². The molecule has 16 heavy (non-hydrogen) atoms. The SMILES string of the molecule is CC1CN=C(c2c(F)cccc2[N+](=O)[O-])N1. The van der Waals surface area contributed by atoms with E-state index in [4.69, 9.17) is 0 Å². The molecule has 1 aliphatic heterocycles. The minimum atomic E-state index is -0.630. The van der Waals surface area contributed by atoms with Crippen LogP contribution in [0.3, 0.4) is 0 Å². The van der Waals surface area contributed by atoms with Crippen LogP contribution in [0.15, 0.2) is 23.2 Å². The molecule has 0 amide bonds. The van der Waals surface area contributed by atoms with Crippen LogP contribution in [0.1, 0.15) is 12.5 Å². The fourth-order valence-corrected chi connectivity index (χ4v) is 1.60. The van der Waals surface area contributed by atoms with Crippen molar-refractivity contribution in [3.63, 3.8) is 0 Å². The number of nitrogens with one attached hydrogen (secondary N) is 1. The molecule has 2 rings (SSSR count). The number of hydrogen-bond acceptors (Lipinski definition) is 4. The average Bonchev–Trinajstić information content (AvgIpc) is 2.64. The van der Waals surface area contributed by atoms with E-state index in [1.54, 1.807) is 0 Å². The van der Waals surface area contributed by atoms with E-state index < -0.39 is 10.7 Å². The minimum absolute atomic E-state index is 0.0585. The zero-order valence-corrected chi connectivity index (χ0v) is 8.61. The van der Waals surface area contributed by atoms with Crippen molar-refractivity contribution in [3.8, 4) is 0 Å². The quantitative estimate of drug-likeness (QED) is 0.609. The highest BCUT2D eigenvalue weighted by atomic mass is 19.1. The van der Waals surface area contributed by atoms with Gasteiger partial charge in [0, 0.05) is 12.1 Å². The van der Waals surface area contributed by atoms with Crippen LogP contribution in [0.4, 0.5) is 10.1 Å². The molecule has 0 spiro atoms. The third-order valence-electron chi connectivity index (χ3n) is 2.33. The fraction of sp³-hybridized carbons (Fsp3) is 0.300. The van der Waals surface area contributed by atoms with Gasteiger partial charge in [-0.3, -0.25) is 15.1 Å². The zero-order valence-electron chi connectivity index (χ0n) is 8.61. The monoisotopic (exact) mass is 223 g/mol. The van der Waals surface area contributed by atoms with Crippen LogP contribution in [0.2, 0.25) is 0 Å². The van der Waals surface area contributed by atoms with Gasteiger partial charge in [0.1, 0.15) is 17.2 Å². The lowest BCUT2D eigenvalue weighted by Gasteiger charge is -2.07. The van der Waals surface area contributed by atoms with Gasteiger partial charge in [-0.15, -0.1) is 0 Å². The number of nitro benzene ring substituents is 1. The van der Waals surface area contributed by atoms with E-state index in [-0.39, 0.29) is 23.1 Å². The molecule has 1 heterocycles. The summed E-state index contributed by atoms with van der Waals surface area (Å²) < 4.78 is 13.6. The summed E-state index contributed by atoms with van der Waals surface area (Å²) in [6.07, 6.45) is 0. The van der Waals surface area contributed by atoms with Crippen molar-refractivity contribution >= 4 is 11.5 Å². The lowest BCUT2D eigenvalue weighted by atomic mass is 10.1. The van der Waals surface area contributed by atoms with Crippen molar-refractivity contribution in [2.75, 3.05) is 6.54 Å². The van der Waals surface area contributed by atoms with Crippen LogP contribution in [0, 0.1) is 15.9 Å². The van der Waals surface area contributed by atoms with Gasteiger partial charge in [0.25, 0.3) is 5.69 Å². The Hall–Kier alpha value is -1.98. The standard InChI is InChI=1S/C10H10FN3O2/c1-6-5-12-10(13-6)9-7(11)3-2-4-8(9)14(15)16/h2-4,6H,5H2,1H3,(H,12,13). The second-order valence-electron chi connectivity index (χ2n) is 3.63. The molecular formula is C10H10FN3O2. The molecule has 0 aliphatic carbocycles. The molecule has 1 aliphatic rings. The molecule has 84 valence electrons. The molecule has 1 aromatic rings. The van der Waals surface area contributed by atoms with Crippen LogP contribution >= 0.6 is 0 Å². The Morgan fingerprint density at radius 2 is 2.38 bits per heavy atom. The summed E-state index contributed by atoms with van der Waals surface area (Å²) in [5.74, 6) is -0.369. The van der Waals surface area contributed by atoms with Crippen molar-refractivity contribution in [1.29, 1.82) is 0 Å². The van der Waals surface area contributed by atoms with Gasteiger partial charge >= 0.3 is 0 Å². The summed E-state index contributed by atoms with van der Waals surface area (Å²) in [5.41, 5.74) is -0.322. The van der Waals surface area contributed by atoms with Crippen LogP contribution in [0.5, 0.6) is 0 Å². The third kappa shape index (κ3) is 1.73. The van der Waals surface area contributed by atoms with Crippen molar-refractivity contribution in [3.05, 3.63) is 39.7 Å². The van der Waals surface area contributed by atoms with Gasteiger partial charge in [-0.05, 0) is 13.0 Å². The summed E-state index contributed by atoms with van der Waals surface area (Å²) in [4.78, 5) is 14.2. The normalized spacial score (nSPS) is 19.1. The highest BCUT2D eigenvalue weighted by molar-refractivity contribution is 6.03. The maximum Gasteiger partial charge on any atom is 0.283 e. The summed E-state index contributed by atoms with van der Waals surface area (Å²) >= 11 is 0. The van der Waals surface area contributed by atoms with Crippen molar-refractivity contribution in [1.82, 2.24) is 5.32 Å². The lowest BCUT2D eigenvalue weighted by molar-refractivity contribution is -0.385. The molecule has 1 atom stereocenters. The Labute approximate surface area is 91.1 Å². The maximum absolute atomic E-state index is 13.6. The van der Waals surface area contributed by atoms with E-state index in [0.717, 1.165) is 0 Å². The minimum Gasteiger partial charge on any atom is -0.365 e. The highest BCUT2D eigenvalue weighted by Crippen LogP contribution is 2.22. The molecule has 0 radical (unpaired) electrons. The first-order chi connectivity index (χ1) is 7.59. The van der Waals surface area contributed by atoms with E-state index >= 15 is 0 Å². The Bertz CT molecular complexity index is 473. The molecule has 0 saturated carbocycles. The van der Waals surface area contributed by atoms with Crippen molar-refractivity contribution in [2.45, 2.75) is 13.0 Å². The summed E-state index contributed by atoms with van der Waals surface area (Å²) in [6.45, 7) is 2.38. The fourth-order valence-electron chi connectivity index (χ4n) is 1.60. The number of nitrogens with zero attached hydrogens (tertiary/aromatic N) is 2. The predicted octanol–water partition coefficient (Wildman–Crippen LogP) is 1.47. The second kappa shape index (κ2) is 3.88. The van der Waals surface area contributed by atoms with Crippen molar-refractivity contribution in [2.24, 2.45) is 4.99 Å². The zero-order chi connectivity index (χ0) is 11.7. The molecule has 0 fully saturated rings. The molecule has 0 aromatic heterocycles. The number of rotatable bonds is 2. The molecule has 1 aromatic carbocycles. The first kappa shape index (κ1) is 10.5. The number of halogens is 1. The average molecular weight is 223 g/mol. The van der Waals surface area contributed by atoms with Crippen LogP contribution in [-0.4, -0.2) is 23.3 Å². The summed E-state index contributed by atoms with van der Waals surface area (Å²) in [7, 11) is 0. The van der Waals surface area contributed by atoms with E-state index in [9.17, 15) is 14.5 Å². The number of benzene rings is 1. The molecule has 1 N–H and O–H groups in total. The molecule has 0 saturated heterocycles. The van der Waals surface area contributed by atoms with E-state index in [0.29, 0.717) is 6.54 Å². The Balaban J connectivity index is 2.51. The van der Waals surface area contributed by atoms with Crippen LogP contribution in [0.25, 0.3) is 0 Å². The van der Waals surface area contributed by atoms with Gasteiger partial charge < -0.3 is 5.32 Å². The Morgan fingerprint density at radius 3 is 2.94 bits per heavy atom. The van der Waals surface area contributed by atoms with Crippen LogP contribution in [-0.2, 0) is 0 Å². The highest BCUT2D eigenvalue weighted by Gasteiger charge is 2.26. The number of hydrogen-bond donors (Lipinski definition) is 1. The first-order valence-electron chi connectivity index (χ1n) is 4.84. The van der Waals surface area contributed by atoms with Gasteiger partial charge in [0.2, 0.25) is 0 Å². The topological polar surface area (TPSA) is 67.5 Å². The summed E-state index contributed by atoms with van der Waals surface area (Å²) in [5, 5.41) is 13.7. The van der Waals surface area contributed by atoms with Gasteiger partial charge in [-0.2, -0.15) is 0 Å². The molecule has 0 bridgehead atoms. The second-order valence-corrected chi connectivity index (χ2v) is 3.63. The lowest BCUT2D eigenvalue weighted by Crippen LogP contribution is -2.28. The molecule has 1 unspecified atom stereocenters. The Kier molecular flexibility index (Phi) is 2.55. The largest absolute Gasteiger partial charge is 0.365 e.